The number of benzene rings is 1. The van der Waals surface area contributed by atoms with Gasteiger partial charge in [0.2, 0.25) is 0 Å². The van der Waals surface area contributed by atoms with Crippen LogP contribution in [0.3, 0.4) is 0 Å². The molecule has 4 nitrogen and oxygen atoms in total. The van der Waals surface area contributed by atoms with E-state index in [2.05, 4.69) is 9.44 Å². The van der Waals surface area contributed by atoms with Crippen LogP contribution < -0.4 is 9.44 Å². The van der Waals surface area contributed by atoms with Crippen LogP contribution in [0.2, 0.25) is 0 Å². The molecule has 2 rings (SSSR count). The molecule has 0 amide bonds. The molecule has 1 aliphatic rings. The quantitative estimate of drug-likeness (QED) is 0.633. The molecule has 12 heavy (non-hydrogen) atoms. The molecule has 0 saturated heterocycles. The lowest BCUT2D eigenvalue weighted by Crippen LogP contribution is -2.12. The average Bonchev–Trinajstić information content (AvgIpc) is 2.25. The third kappa shape index (κ3) is 1.02. The third-order valence-corrected chi connectivity index (χ3v) is 2.72. The Morgan fingerprint density at radius 3 is 2.67 bits per heavy atom. The van der Waals surface area contributed by atoms with Crippen LogP contribution >= 0.6 is 0 Å². The van der Waals surface area contributed by atoms with E-state index < -0.39 is 10.2 Å². The Kier molecular flexibility index (Phi) is 1.32. The smallest absolute Gasteiger partial charge is 0.265 e. The minimum absolute atomic E-state index is 0.620. The fourth-order valence-corrected chi connectivity index (χ4v) is 2.24. The summed E-state index contributed by atoms with van der Waals surface area (Å²) in [6, 6.07) is 5.39. The highest BCUT2D eigenvalue weighted by Gasteiger charge is 2.22. The van der Waals surface area contributed by atoms with Gasteiger partial charge in [-0.3, -0.25) is 9.44 Å². The Bertz CT molecular complexity index is 425. The number of hydrogen-bond acceptors (Lipinski definition) is 2. The number of anilines is 2. The molecule has 1 heterocycles. The van der Waals surface area contributed by atoms with Crippen LogP contribution in [-0.4, -0.2) is 8.42 Å². The van der Waals surface area contributed by atoms with Gasteiger partial charge < -0.3 is 0 Å². The molecule has 1 aliphatic heterocycles. The Balaban J connectivity index is 2.63. The molecule has 0 fully saturated rings. The zero-order chi connectivity index (χ0) is 8.77. The van der Waals surface area contributed by atoms with E-state index in [1.54, 1.807) is 6.07 Å². The molecule has 0 spiro atoms. The number of rotatable bonds is 0. The predicted molar refractivity (Wildman–Crippen MR) is 47.3 cm³/mol. The summed E-state index contributed by atoms with van der Waals surface area (Å²) in [5.74, 6) is 0. The highest BCUT2D eigenvalue weighted by atomic mass is 32.2. The zero-order valence-corrected chi connectivity index (χ0v) is 7.27. The van der Waals surface area contributed by atoms with Crippen LogP contribution in [0.1, 0.15) is 5.56 Å². The molecule has 0 saturated carbocycles. The van der Waals surface area contributed by atoms with Crippen LogP contribution in [0.15, 0.2) is 18.2 Å². The maximum atomic E-state index is 11.0. The summed E-state index contributed by atoms with van der Waals surface area (Å²) in [6.07, 6.45) is 0. The number of fused-ring (bicyclic) bond motifs is 1. The van der Waals surface area contributed by atoms with Crippen molar-refractivity contribution in [2.24, 2.45) is 0 Å². The van der Waals surface area contributed by atoms with Crippen molar-refractivity contribution in [3.8, 4) is 0 Å². The normalized spacial score (nSPS) is 17.8. The Morgan fingerprint density at radius 1 is 1.25 bits per heavy atom. The van der Waals surface area contributed by atoms with Crippen LogP contribution in [-0.2, 0) is 10.2 Å². The van der Waals surface area contributed by atoms with Gasteiger partial charge in [0.05, 0.1) is 11.4 Å². The Labute approximate surface area is 70.8 Å². The van der Waals surface area contributed by atoms with Crippen LogP contribution in [0.25, 0.3) is 0 Å². The molecule has 0 unspecified atom stereocenters. The number of hydrogen-bond donors (Lipinski definition) is 2. The van der Waals surface area contributed by atoms with E-state index in [1.165, 1.54) is 0 Å². The lowest BCUT2D eigenvalue weighted by atomic mass is 10.2. The largest absolute Gasteiger partial charge is 0.321 e. The van der Waals surface area contributed by atoms with E-state index in [1.807, 2.05) is 19.1 Å². The van der Waals surface area contributed by atoms with Gasteiger partial charge in [0, 0.05) is 0 Å². The van der Waals surface area contributed by atoms with Crippen molar-refractivity contribution in [1.29, 1.82) is 0 Å². The van der Waals surface area contributed by atoms with Crippen molar-refractivity contribution in [2.75, 3.05) is 9.44 Å². The topological polar surface area (TPSA) is 58.2 Å². The number of para-hydroxylation sites is 1. The van der Waals surface area contributed by atoms with Gasteiger partial charge in [0.15, 0.2) is 0 Å². The molecule has 0 radical (unpaired) electrons. The van der Waals surface area contributed by atoms with E-state index in [0.717, 1.165) is 5.56 Å². The molecule has 1 aromatic rings. The van der Waals surface area contributed by atoms with Gasteiger partial charge in [-0.1, -0.05) is 12.1 Å². The Hall–Kier alpha value is -1.23. The van der Waals surface area contributed by atoms with Crippen molar-refractivity contribution < 1.29 is 8.42 Å². The summed E-state index contributed by atoms with van der Waals surface area (Å²) in [7, 11) is -3.33. The SMILES string of the molecule is Cc1cccc2c1NS(=O)(=O)N2. The summed E-state index contributed by atoms with van der Waals surface area (Å²) in [5.41, 5.74) is 2.19. The second kappa shape index (κ2) is 2.13. The van der Waals surface area contributed by atoms with Gasteiger partial charge in [-0.25, -0.2) is 0 Å². The van der Waals surface area contributed by atoms with E-state index in [0.29, 0.717) is 11.4 Å². The fraction of sp³-hybridized carbons (Fsp3) is 0.143. The van der Waals surface area contributed by atoms with Gasteiger partial charge in [0.1, 0.15) is 0 Å². The number of aryl methyl sites for hydroxylation is 1. The summed E-state index contributed by atoms with van der Waals surface area (Å²) in [6.45, 7) is 1.86. The average molecular weight is 184 g/mol. The van der Waals surface area contributed by atoms with Crippen molar-refractivity contribution >= 4 is 21.6 Å². The summed E-state index contributed by atoms with van der Waals surface area (Å²) in [4.78, 5) is 0. The summed E-state index contributed by atoms with van der Waals surface area (Å²) in [5, 5.41) is 0. The molecule has 1 aromatic carbocycles. The maximum Gasteiger partial charge on any atom is 0.321 e. The van der Waals surface area contributed by atoms with Crippen LogP contribution in [0.4, 0.5) is 11.4 Å². The molecule has 0 bridgehead atoms. The zero-order valence-electron chi connectivity index (χ0n) is 6.46. The summed E-state index contributed by atoms with van der Waals surface area (Å²) < 4.78 is 26.8. The van der Waals surface area contributed by atoms with Gasteiger partial charge >= 0.3 is 10.2 Å². The second-order valence-electron chi connectivity index (χ2n) is 2.71. The minimum Gasteiger partial charge on any atom is -0.265 e. The number of nitrogens with one attached hydrogen (secondary N) is 2. The van der Waals surface area contributed by atoms with Gasteiger partial charge in [-0.2, -0.15) is 8.42 Å². The van der Waals surface area contributed by atoms with Crippen molar-refractivity contribution in [2.45, 2.75) is 6.92 Å². The minimum atomic E-state index is -3.33. The van der Waals surface area contributed by atoms with E-state index >= 15 is 0 Å². The monoisotopic (exact) mass is 184 g/mol. The fourth-order valence-electron chi connectivity index (χ4n) is 1.19. The molecule has 5 heteroatoms. The second-order valence-corrected chi connectivity index (χ2v) is 4.12. The van der Waals surface area contributed by atoms with Crippen molar-refractivity contribution in [3.63, 3.8) is 0 Å². The van der Waals surface area contributed by atoms with E-state index in [4.69, 9.17) is 0 Å². The first-order valence-electron chi connectivity index (χ1n) is 3.49. The highest BCUT2D eigenvalue weighted by molar-refractivity contribution is 7.94. The maximum absolute atomic E-state index is 11.0. The standard InChI is InChI=1S/C7H8N2O2S/c1-5-3-2-4-6-7(5)9-12(10,11)8-6/h2-4,8-9H,1H3. The molecule has 0 aliphatic carbocycles. The third-order valence-electron chi connectivity index (χ3n) is 1.75. The Morgan fingerprint density at radius 2 is 2.00 bits per heavy atom. The molecule has 0 atom stereocenters. The van der Waals surface area contributed by atoms with Crippen LogP contribution in [0.5, 0.6) is 0 Å². The summed E-state index contributed by atoms with van der Waals surface area (Å²) >= 11 is 0. The van der Waals surface area contributed by atoms with Gasteiger partial charge in [-0.05, 0) is 18.6 Å². The first-order chi connectivity index (χ1) is 5.58. The molecular formula is C7H8N2O2S. The molecule has 2 N–H and O–H groups in total. The van der Waals surface area contributed by atoms with E-state index in [9.17, 15) is 8.42 Å². The van der Waals surface area contributed by atoms with Gasteiger partial charge in [0.25, 0.3) is 0 Å². The first-order valence-corrected chi connectivity index (χ1v) is 4.97. The van der Waals surface area contributed by atoms with Crippen LogP contribution in [0, 0.1) is 6.92 Å². The molecule has 0 aromatic heterocycles. The highest BCUT2D eigenvalue weighted by Crippen LogP contribution is 2.32. The predicted octanol–water partition coefficient (Wildman–Crippen LogP) is 1.08. The first kappa shape index (κ1) is 7.42. The lowest BCUT2D eigenvalue weighted by Gasteiger charge is -1.98. The molecular weight excluding hydrogens is 176 g/mol. The molecule has 64 valence electrons. The van der Waals surface area contributed by atoms with Crippen molar-refractivity contribution in [1.82, 2.24) is 0 Å². The van der Waals surface area contributed by atoms with Crippen molar-refractivity contribution in [3.05, 3.63) is 23.8 Å². The van der Waals surface area contributed by atoms with E-state index in [-0.39, 0.29) is 0 Å². The lowest BCUT2D eigenvalue weighted by molar-refractivity contribution is 0.607. The van der Waals surface area contributed by atoms with Gasteiger partial charge in [-0.15, -0.1) is 0 Å².